The average Bonchev–Trinajstić information content (AvgIpc) is 3.03. The Labute approximate surface area is 279 Å². The fourth-order valence-electron chi connectivity index (χ4n) is 8.07. The lowest BCUT2D eigenvalue weighted by Crippen LogP contribution is -2.46. The minimum Gasteiger partial charge on any atom is -0.504 e. The highest BCUT2D eigenvalue weighted by Gasteiger charge is 2.40. The molecule has 0 spiro atoms. The molecule has 8 nitrogen and oxygen atoms in total. The fraction of sp³-hybridized carbons (Fsp3) is 0.632. The third kappa shape index (κ3) is 7.94. The number of Topliss-reactive ketones (excluding diaryl/α,β-unsaturated/α-hetero) is 2. The molecule has 9 heteroatoms. The number of halogens is 1. The van der Waals surface area contributed by atoms with Crippen molar-refractivity contribution in [1.82, 2.24) is 9.80 Å². The second kappa shape index (κ2) is 15.4. The van der Waals surface area contributed by atoms with Gasteiger partial charge in [0, 0.05) is 62.9 Å². The number of carbonyl (C=O) groups is 2. The number of hydrogen-bond donors (Lipinski definition) is 1. The Morgan fingerprint density at radius 2 is 1.26 bits per heavy atom. The Morgan fingerprint density at radius 1 is 0.766 bits per heavy atom. The molecule has 2 saturated heterocycles. The van der Waals surface area contributed by atoms with Crippen LogP contribution in [0.15, 0.2) is 24.3 Å². The average molecular weight is 653 g/mol. The number of fused-ring (bicyclic) bond motifs is 6. The predicted octanol–water partition coefficient (Wildman–Crippen LogP) is 6.51. The number of phenols is 1. The van der Waals surface area contributed by atoms with Crippen LogP contribution in [0.3, 0.4) is 0 Å². The van der Waals surface area contributed by atoms with E-state index in [4.69, 9.17) is 14.2 Å². The lowest BCUT2D eigenvalue weighted by molar-refractivity contribution is -0.130. The molecule has 47 heavy (non-hydrogen) atoms. The largest absolute Gasteiger partial charge is 0.504 e. The number of methoxy groups -OCH3 is 2. The van der Waals surface area contributed by atoms with Gasteiger partial charge in [-0.25, -0.2) is 4.39 Å². The zero-order valence-electron chi connectivity index (χ0n) is 29.0. The maximum absolute atomic E-state index is 12.6. The second-order valence-corrected chi connectivity index (χ2v) is 14.5. The van der Waals surface area contributed by atoms with E-state index in [9.17, 15) is 19.1 Å². The standard InChI is InChI=1S/C20H28FNO3.C18H25NO3/c1-13(2)8-15-12-22-6-4-14-9-20(25-7-5-21)19(24-3)10-16(14)17(22)11-18(15)23;1-11(2)6-13-10-19-5-4-12-7-17(21)18(22-3)8-14(12)15(19)9-16(13)20/h9-10,13,15,17H,4-8,11-12H2,1-3H3;7-8,11,13,15,21H,4-6,9-10H2,1-3H3. The molecule has 4 aliphatic rings. The van der Waals surface area contributed by atoms with Gasteiger partial charge < -0.3 is 19.3 Å². The molecule has 0 radical (unpaired) electrons. The summed E-state index contributed by atoms with van der Waals surface area (Å²) in [7, 11) is 3.15. The van der Waals surface area contributed by atoms with Crippen LogP contribution in [0.4, 0.5) is 4.39 Å². The molecule has 0 aliphatic carbocycles. The monoisotopic (exact) mass is 652 g/mol. The normalized spacial score (nSPS) is 24.1. The smallest absolute Gasteiger partial charge is 0.161 e. The van der Waals surface area contributed by atoms with Crippen molar-refractivity contribution in [1.29, 1.82) is 0 Å². The zero-order chi connectivity index (χ0) is 33.8. The van der Waals surface area contributed by atoms with Crippen LogP contribution in [0.5, 0.6) is 23.0 Å². The van der Waals surface area contributed by atoms with Gasteiger partial charge in [0.25, 0.3) is 0 Å². The van der Waals surface area contributed by atoms with Crippen molar-refractivity contribution in [3.05, 3.63) is 46.5 Å². The van der Waals surface area contributed by atoms with E-state index in [1.807, 2.05) is 18.2 Å². The molecule has 2 aromatic rings. The van der Waals surface area contributed by atoms with Crippen molar-refractivity contribution >= 4 is 11.6 Å². The van der Waals surface area contributed by atoms with Crippen LogP contribution in [0.25, 0.3) is 0 Å². The number of nitrogens with zero attached hydrogens (tertiary/aromatic N) is 2. The van der Waals surface area contributed by atoms with E-state index >= 15 is 0 Å². The molecule has 4 unspecified atom stereocenters. The summed E-state index contributed by atoms with van der Waals surface area (Å²) < 4.78 is 28.6. The van der Waals surface area contributed by atoms with E-state index in [1.165, 1.54) is 5.56 Å². The molecule has 1 N–H and O–H groups in total. The van der Waals surface area contributed by atoms with Crippen LogP contribution in [-0.4, -0.2) is 80.2 Å². The number of piperidine rings is 2. The van der Waals surface area contributed by atoms with E-state index in [0.717, 1.165) is 68.6 Å². The van der Waals surface area contributed by atoms with Crippen LogP contribution in [0.1, 0.15) is 87.7 Å². The van der Waals surface area contributed by atoms with E-state index < -0.39 is 6.67 Å². The van der Waals surface area contributed by atoms with E-state index in [1.54, 1.807) is 20.3 Å². The minimum absolute atomic E-state index is 0.0278. The Morgan fingerprint density at radius 3 is 1.72 bits per heavy atom. The van der Waals surface area contributed by atoms with Gasteiger partial charge in [-0.1, -0.05) is 27.7 Å². The van der Waals surface area contributed by atoms with E-state index in [0.29, 0.717) is 53.5 Å². The summed E-state index contributed by atoms with van der Waals surface area (Å²) in [6, 6.07) is 7.94. The summed E-state index contributed by atoms with van der Waals surface area (Å²) in [5.41, 5.74) is 4.64. The molecule has 4 atom stereocenters. The summed E-state index contributed by atoms with van der Waals surface area (Å²) in [5.74, 6) is 4.08. The first kappa shape index (κ1) is 35.1. The summed E-state index contributed by atoms with van der Waals surface area (Å²) in [6.45, 7) is 11.8. The van der Waals surface area contributed by atoms with Gasteiger partial charge in [-0.2, -0.15) is 0 Å². The summed E-state index contributed by atoms with van der Waals surface area (Å²) in [5, 5.41) is 9.95. The van der Waals surface area contributed by atoms with Gasteiger partial charge in [-0.05, 0) is 84.0 Å². The molecule has 6 rings (SSSR count). The molecule has 4 heterocycles. The van der Waals surface area contributed by atoms with Crippen LogP contribution < -0.4 is 14.2 Å². The fourth-order valence-corrected chi connectivity index (χ4v) is 8.07. The predicted molar refractivity (Wildman–Crippen MR) is 180 cm³/mol. The van der Waals surface area contributed by atoms with Crippen LogP contribution in [-0.2, 0) is 22.4 Å². The maximum atomic E-state index is 12.6. The van der Waals surface area contributed by atoms with Crippen LogP contribution in [0, 0.1) is 23.7 Å². The number of alkyl halides is 1. The third-order valence-electron chi connectivity index (χ3n) is 10.3. The van der Waals surface area contributed by atoms with Crippen molar-refractivity contribution in [2.75, 3.05) is 53.7 Å². The van der Waals surface area contributed by atoms with Gasteiger partial charge in [0.2, 0.25) is 0 Å². The first-order chi connectivity index (χ1) is 22.5. The molecule has 2 aromatic carbocycles. The van der Waals surface area contributed by atoms with Crippen molar-refractivity contribution in [3.8, 4) is 23.0 Å². The van der Waals surface area contributed by atoms with Gasteiger partial charge >= 0.3 is 0 Å². The highest BCUT2D eigenvalue weighted by atomic mass is 19.1. The third-order valence-corrected chi connectivity index (χ3v) is 10.3. The number of carbonyl (C=O) groups excluding carboxylic acids is 2. The molecule has 0 saturated carbocycles. The van der Waals surface area contributed by atoms with Crippen molar-refractivity contribution < 1.29 is 33.3 Å². The topological polar surface area (TPSA) is 88.5 Å². The molecule has 0 bridgehead atoms. The number of phenolic OH excluding ortho intramolecular Hbond substituents is 1. The molecular weight excluding hydrogens is 599 g/mol. The van der Waals surface area contributed by atoms with Gasteiger partial charge in [-0.3, -0.25) is 19.4 Å². The summed E-state index contributed by atoms with van der Waals surface area (Å²) in [4.78, 5) is 30.0. The molecule has 4 aliphatic heterocycles. The Bertz CT molecular complexity index is 1430. The molecular formula is C38H53FN2O6. The number of ether oxygens (including phenoxy) is 3. The second-order valence-electron chi connectivity index (χ2n) is 14.5. The molecule has 258 valence electrons. The van der Waals surface area contributed by atoms with Gasteiger partial charge in [0.1, 0.15) is 24.8 Å². The van der Waals surface area contributed by atoms with Crippen LogP contribution >= 0.6 is 0 Å². The van der Waals surface area contributed by atoms with Crippen molar-refractivity contribution in [2.24, 2.45) is 23.7 Å². The van der Waals surface area contributed by atoms with Crippen molar-refractivity contribution in [2.45, 2.75) is 78.3 Å². The SMILES string of the molecule is COc1cc2c(cc1O)CCN1CC(CC(C)C)C(=O)CC21.COc1cc2c(cc1OCCF)CCN1CC(CC(C)C)C(=O)CC21. The summed E-state index contributed by atoms with van der Waals surface area (Å²) >= 11 is 0. The highest BCUT2D eigenvalue weighted by Crippen LogP contribution is 2.44. The highest BCUT2D eigenvalue weighted by molar-refractivity contribution is 5.83. The Balaban J connectivity index is 0.000000186. The van der Waals surface area contributed by atoms with E-state index in [2.05, 4.69) is 37.5 Å². The number of hydrogen-bond acceptors (Lipinski definition) is 8. The lowest BCUT2D eigenvalue weighted by Gasteiger charge is -2.43. The Hall–Kier alpha value is -3.17. The van der Waals surface area contributed by atoms with E-state index in [-0.39, 0.29) is 36.3 Å². The minimum atomic E-state index is -0.525. The number of benzene rings is 2. The maximum Gasteiger partial charge on any atom is 0.161 e. The van der Waals surface area contributed by atoms with Gasteiger partial charge in [-0.15, -0.1) is 0 Å². The quantitative estimate of drug-likeness (QED) is 0.328. The molecule has 2 fully saturated rings. The first-order valence-electron chi connectivity index (χ1n) is 17.4. The van der Waals surface area contributed by atoms with Gasteiger partial charge in [0.15, 0.2) is 23.0 Å². The molecule has 0 amide bonds. The Kier molecular flexibility index (Phi) is 11.5. The number of ketones is 2. The summed E-state index contributed by atoms with van der Waals surface area (Å²) in [6.07, 6.45) is 4.94. The zero-order valence-corrected chi connectivity index (χ0v) is 29.0. The van der Waals surface area contributed by atoms with Crippen LogP contribution in [0.2, 0.25) is 0 Å². The number of aromatic hydroxyl groups is 1. The number of rotatable bonds is 9. The first-order valence-corrected chi connectivity index (χ1v) is 17.4. The van der Waals surface area contributed by atoms with Crippen molar-refractivity contribution in [3.63, 3.8) is 0 Å². The lowest BCUT2D eigenvalue weighted by atomic mass is 9.80. The van der Waals surface area contributed by atoms with Gasteiger partial charge in [0.05, 0.1) is 14.2 Å². The molecule has 0 aromatic heterocycles.